The zero-order chi connectivity index (χ0) is 22.7. The van der Waals surface area contributed by atoms with E-state index in [0.29, 0.717) is 6.73 Å². The van der Waals surface area contributed by atoms with Crippen LogP contribution in [0.3, 0.4) is 0 Å². The molecule has 1 unspecified atom stereocenters. The molecular weight excluding hydrogens is 432 g/mol. The molecule has 0 bridgehead atoms. The number of amides is 1. The maximum Gasteiger partial charge on any atom is 0.330 e. The van der Waals surface area contributed by atoms with E-state index in [2.05, 4.69) is 38.4 Å². The third-order valence-electron chi connectivity index (χ3n) is 5.57. The van der Waals surface area contributed by atoms with Crippen LogP contribution in [0.1, 0.15) is 18.4 Å². The van der Waals surface area contributed by atoms with Crippen LogP contribution in [-0.4, -0.2) is 70.9 Å². The lowest BCUT2D eigenvalue weighted by Crippen LogP contribution is -2.52. The number of methoxy groups -OCH3 is 1. The molecule has 11 heteroatoms. The number of likely N-dealkylation sites (tertiary alicyclic amines) is 1. The van der Waals surface area contributed by atoms with Gasteiger partial charge in [0.15, 0.2) is 11.9 Å². The highest BCUT2D eigenvalue weighted by molar-refractivity contribution is 7.99. The fourth-order valence-electron chi connectivity index (χ4n) is 3.91. The number of fused-ring (bicyclic) bond motifs is 2. The van der Waals surface area contributed by atoms with Crippen molar-refractivity contribution < 1.29 is 19.4 Å². The standard InChI is InChI=1S/C21H26N6O4S/c1-31-12-27-15-10-13(2-3-16(15)32-20-18(27)23-6-7-24-20)11-26-8-4-14(5-9-26)25-19(28)17(22)21(29)30/h2-3,6-7,10,14,17H,4-5,8-9,11-12,22H2,1H3,(H,25,28)(H,29,30). The van der Waals surface area contributed by atoms with E-state index in [4.69, 9.17) is 15.6 Å². The van der Waals surface area contributed by atoms with Crippen molar-refractivity contribution in [3.63, 3.8) is 0 Å². The molecule has 0 spiro atoms. The Bertz CT molecular complexity index is 998. The summed E-state index contributed by atoms with van der Waals surface area (Å²) in [6, 6.07) is 4.81. The Labute approximate surface area is 190 Å². The Morgan fingerprint density at radius 1 is 1.31 bits per heavy atom. The van der Waals surface area contributed by atoms with Crippen LogP contribution < -0.4 is 16.0 Å². The second-order valence-electron chi connectivity index (χ2n) is 7.81. The highest BCUT2D eigenvalue weighted by Gasteiger charge is 2.28. The molecule has 1 aromatic carbocycles. The molecule has 0 aliphatic carbocycles. The summed E-state index contributed by atoms with van der Waals surface area (Å²) in [6.07, 6.45) is 4.87. The lowest BCUT2D eigenvalue weighted by molar-refractivity contribution is -0.143. The Kier molecular flexibility index (Phi) is 6.89. The van der Waals surface area contributed by atoms with Crippen LogP contribution in [-0.2, 0) is 20.9 Å². The Morgan fingerprint density at radius 3 is 2.78 bits per heavy atom. The van der Waals surface area contributed by atoms with Crippen LogP contribution in [0.4, 0.5) is 11.5 Å². The van der Waals surface area contributed by atoms with Crippen molar-refractivity contribution in [3.8, 4) is 0 Å². The predicted octanol–water partition coefficient (Wildman–Crippen LogP) is 1.18. The topological polar surface area (TPSA) is 134 Å². The van der Waals surface area contributed by atoms with Crippen molar-refractivity contribution in [3.05, 3.63) is 36.2 Å². The van der Waals surface area contributed by atoms with Crippen LogP contribution in [0.25, 0.3) is 0 Å². The predicted molar refractivity (Wildman–Crippen MR) is 119 cm³/mol. The fraction of sp³-hybridized carbons (Fsp3) is 0.429. The van der Waals surface area contributed by atoms with Gasteiger partial charge in [0, 0.05) is 50.1 Å². The van der Waals surface area contributed by atoms with Gasteiger partial charge in [0.05, 0.1) is 5.69 Å². The molecule has 1 fully saturated rings. The molecule has 4 rings (SSSR count). The Balaban J connectivity index is 1.39. The molecule has 0 radical (unpaired) electrons. The molecule has 10 nitrogen and oxygen atoms in total. The van der Waals surface area contributed by atoms with Gasteiger partial charge in [-0.05, 0) is 30.5 Å². The van der Waals surface area contributed by atoms with E-state index in [1.807, 2.05) is 4.90 Å². The average molecular weight is 459 g/mol. The minimum Gasteiger partial charge on any atom is -0.480 e. The number of anilines is 2. The lowest BCUT2D eigenvalue weighted by atomic mass is 10.0. The normalized spacial score (nSPS) is 17.4. The number of aliphatic carboxylic acids is 1. The number of nitrogens with two attached hydrogens (primary N) is 1. The summed E-state index contributed by atoms with van der Waals surface area (Å²) in [4.78, 5) is 37.1. The molecule has 4 N–H and O–H groups in total. The molecule has 1 saturated heterocycles. The minimum absolute atomic E-state index is 0.0589. The van der Waals surface area contributed by atoms with Gasteiger partial charge >= 0.3 is 5.97 Å². The van der Waals surface area contributed by atoms with Crippen molar-refractivity contribution in [2.45, 2.75) is 41.4 Å². The number of aromatic nitrogens is 2. The van der Waals surface area contributed by atoms with Crippen LogP contribution in [0.15, 0.2) is 40.5 Å². The third kappa shape index (κ3) is 4.85. The van der Waals surface area contributed by atoms with Gasteiger partial charge in [0.2, 0.25) is 5.91 Å². The maximum absolute atomic E-state index is 11.9. The second-order valence-corrected chi connectivity index (χ2v) is 8.84. The van der Waals surface area contributed by atoms with Crippen molar-refractivity contribution in [2.24, 2.45) is 5.73 Å². The lowest BCUT2D eigenvalue weighted by Gasteiger charge is -2.33. The summed E-state index contributed by atoms with van der Waals surface area (Å²) in [6.45, 7) is 2.76. The highest BCUT2D eigenvalue weighted by atomic mass is 32.2. The zero-order valence-corrected chi connectivity index (χ0v) is 18.5. The number of hydrogen-bond acceptors (Lipinski definition) is 9. The van der Waals surface area contributed by atoms with E-state index in [1.165, 1.54) is 5.56 Å². The number of carboxylic acid groups (broad SMARTS) is 1. The van der Waals surface area contributed by atoms with Gasteiger partial charge in [-0.25, -0.2) is 14.8 Å². The van der Waals surface area contributed by atoms with Crippen molar-refractivity contribution in [1.82, 2.24) is 20.2 Å². The SMILES string of the molecule is COCN1c2cc(CN3CCC(NC(=O)C(N)C(=O)O)CC3)ccc2Sc2nccnc21. The molecule has 2 aromatic rings. The number of rotatable bonds is 7. The molecule has 3 heterocycles. The summed E-state index contributed by atoms with van der Waals surface area (Å²) in [7, 11) is 1.66. The third-order valence-corrected chi connectivity index (χ3v) is 6.62. The molecule has 32 heavy (non-hydrogen) atoms. The van der Waals surface area contributed by atoms with Gasteiger partial charge in [-0.2, -0.15) is 0 Å². The number of hydrogen-bond donors (Lipinski definition) is 3. The minimum atomic E-state index is -1.52. The van der Waals surface area contributed by atoms with Crippen molar-refractivity contribution in [2.75, 3.05) is 31.8 Å². The molecular formula is C21H26N6O4S. The quantitative estimate of drug-likeness (QED) is 0.519. The van der Waals surface area contributed by atoms with Gasteiger partial charge in [0.25, 0.3) is 0 Å². The van der Waals surface area contributed by atoms with Crippen molar-refractivity contribution >= 4 is 35.1 Å². The first-order valence-corrected chi connectivity index (χ1v) is 11.2. The maximum atomic E-state index is 11.9. The zero-order valence-electron chi connectivity index (χ0n) is 17.7. The van der Waals surface area contributed by atoms with E-state index in [0.717, 1.165) is 53.9 Å². The number of carboxylic acids is 1. The van der Waals surface area contributed by atoms with Gasteiger partial charge in [-0.3, -0.25) is 14.6 Å². The van der Waals surface area contributed by atoms with E-state index in [9.17, 15) is 9.59 Å². The van der Waals surface area contributed by atoms with Crippen LogP contribution >= 0.6 is 11.8 Å². The number of carbonyl (C=O) groups excluding carboxylic acids is 1. The Hall–Kier alpha value is -2.73. The molecule has 170 valence electrons. The van der Waals surface area contributed by atoms with Crippen molar-refractivity contribution in [1.29, 1.82) is 0 Å². The van der Waals surface area contributed by atoms with Gasteiger partial charge in [0.1, 0.15) is 11.8 Å². The van der Waals surface area contributed by atoms with Crippen LogP contribution in [0, 0.1) is 0 Å². The van der Waals surface area contributed by atoms with E-state index in [1.54, 1.807) is 31.3 Å². The Morgan fingerprint density at radius 2 is 2.06 bits per heavy atom. The number of benzene rings is 1. The largest absolute Gasteiger partial charge is 0.480 e. The number of nitrogens with one attached hydrogen (secondary N) is 1. The number of ether oxygens (including phenoxy) is 1. The number of carbonyl (C=O) groups is 2. The second kappa shape index (κ2) is 9.82. The molecule has 1 atom stereocenters. The molecule has 2 aliphatic heterocycles. The summed E-state index contributed by atoms with van der Waals surface area (Å²) in [5.74, 6) is -1.16. The number of piperidine rings is 1. The van der Waals surface area contributed by atoms with Gasteiger partial charge < -0.3 is 20.9 Å². The smallest absolute Gasteiger partial charge is 0.330 e. The van der Waals surface area contributed by atoms with Gasteiger partial charge in [-0.15, -0.1) is 0 Å². The van der Waals surface area contributed by atoms with Crippen LogP contribution in [0.2, 0.25) is 0 Å². The number of nitrogens with zero attached hydrogens (tertiary/aromatic N) is 4. The molecule has 0 saturated carbocycles. The fourth-order valence-corrected chi connectivity index (χ4v) is 4.89. The summed E-state index contributed by atoms with van der Waals surface area (Å²) >= 11 is 1.60. The first-order chi connectivity index (χ1) is 15.5. The summed E-state index contributed by atoms with van der Waals surface area (Å²) in [5.41, 5.74) is 7.60. The first kappa shape index (κ1) is 22.5. The van der Waals surface area contributed by atoms with E-state index in [-0.39, 0.29) is 6.04 Å². The van der Waals surface area contributed by atoms with E-state index >= 15 is 0 Å². The molecule has 2 aliphatic rings. The van der Waals surface area contributed by atoms with Crippen LogP contribution in [0.5, 0.6) is 0 Å². The van der Waals surface area contributed by atoms with Gasteiger partial charge in [-0.1, -0.05) is 17.8 Å². The average Bonchev–Trinajstić information content (AvgIpc) is 2.80. The first-order valence-electron chi connectivity index (χ1n) is 10.4. The van der Waals surface area contributed by atoms with E-state index < -0.39 is 17.9 Å². The molecule has 1 amide bonds. The monoisotopic (exact) mass is 458 g/mol. The highest BCUT2D eigenvalue weighted by Crippen LogP contribution is 2.46. The summed E-state index contributed by atoms with van der Waals surface area (Å²) in [5, 5.41) is 12.5. The summed E-state index contributed by atoms with van der Waals surface area (Å²) < 4.78 is 5.42. The molecule has 1 aromatic heterocycles.